The van der Waals surface area contributed by atoms with Crippen LogP contribution in [0.15, 0.2) is 28.7 Å². The van der Waals surface area contributed by atoms with Crippen molar-refractivity contribution in [3.63, 3.8) is 0 Å². The van der Waals surface area contributed by atoms with Gasteiger partial charge in [0, 0.05) is 24.8 Å². The maximum atomic E-state index is 12.6. The van der Waals surface area contributed by atoms with E-state index in [1.54, 1.807) is 37.1 Å². The second kappa shape index (κ2) is 4.77. The Bertz CT molecular complexity index is 746. The number of amides is 2. The van der Waals surface area contributed by atoms with Crippen molar-refractivity contribution in [2.45, 2.75) is 20.4 Å². The Kier molecular flexibility index (Phi) is 3.05. The molecule has 0 saturated carbocycles. The fourth-order valence-corrected chi connectivity index (χ4v) is 2.54. The number of carbonyl (C=O) groups is 2. The van der Waals surface area contributed by atoms with Crippen molar-refractivity contribution in [2.24, 2.45) is 0 Å². The standard InChI is InChI=1S/C16H16N2O3/c1-9-6-13(10(2)21-9)15(19)11-4-5-14-12(7-11)8-18(3)16(20)17-14/h4-7H,8H2,1-3H3,(H,17,20). The molecule has 5 nitrogen and oxygen atoms in total. The van der Waals surface area contributed by atoms with Gasteiger partial charge in [0.2, 0.25) is 0 Å². The van der Waals surface area contributed by atoms with E-state index in [2.05, 4.69) is 5.32 Å². The highest BCUT2D eigenvalue weighted by molar-refractivity contribution is 6.10. The molecule has 0 unspecified atom stereocenters. The monoisotopic (exact) mass is 284 g/mol. The minimum atomic E-state index is -0.136. The van der Waals surface area contributed by atoms with E-state index in [-0.39, 0.29) is 11.8 Å². The molecule has 2 amide bonds. The average Bonchev–Trinajstić information content (AvgIpc) is 2.78. The number of hydrogen-bond acceptors (Lipinski definition) is 3. The highest BCUT2D eigenvalue weighted by atomic mass is 16.3. The molecule has 5 heteroatoms. The summed E-state index contributed by atoms with van der Waals surface area (Å²) in [7, 11) is 1.72. The molecule has 1 aliphatic rings. The van der Waals surface area contributed by atoms with Crippen LogP contribution in [0.5, 0.6) is 0 Å². The summed E-state index contributed by atoms with van der Waals surface area (Å²) in [5, 5.41) is 2.79. The van der Waals surface area contributed by atoms with Gasteiger partial charge >= 0.3 is 6.03 Å². The van der Waals surface area contributed by atoms with Gasteiger partial charge in [-0.15, -0.1) is 0 Å². The number of nitrogens with zero attached hydrogens (tertiary/aromatic N) is 1. The first-order chi connectivity index (χ1) is 9.95. The van der Waals surface area contributed by atoms with E-state index in [1.807, 2.05) is 13.0 Å². The Labute approximate surface area is 122 Å². The molecule has 0 atom stereocenters. The Hall–Kier alpha value is -2.56. The normalized spacial score (nSPS) is 13.9. The van der Waals surface area contributed by atoms with E-state index in [1.165, 1.54) is 0 Å². The molecule has 2 heterocycles. The van der Waals surface area contributed by atoms with E-state index in [0.29, 0.717) is 23.4 Å². The van der Waals surface area contributed by atoms with Crippen LogP contribution in [-0.2, 0) is 6.54 Å². The van der Waals surface area contributed by atoms with Gasteiger partial charge in [0.1, 0.15) is 11.5 Å². The number of carbonyl (C=O) groups excluding carboxylic acids is 2. The number of rotatable bonds is 2. The van der Waals surface area contributed by atoms with Crippen LogP contribution < -0.4 is 5.32 Å². The van der Waals surface area contributed by atoms with E-state index >= 15 is 0 Å². The summed E-state index contributed by atoms with van der Waals surface area (Å²) in [4.78, 5) is 25.7. The first-order valence-electron chi connectivity index (χ1n) is 6.72. The largest absolute Gasteiger partial charge is 0.466 e. The van der Waals surface area contributed by atoms with Crippen molar-refractivity contribution < 1.29 is 14.0 Å². The van der Waals surface area contributed by atoms with Gasteiger partial charge in [-0.1, -0.05) is 0 Å². The van der Waals surface area contributed by atoms with Gasteiger partial charge in [0.25, 0.3) is 0 Å². The lowest BCUT2D eigenvalue weighted by Crippen LogP contribution is -2.35. The van der Waals surface area contributed by atoms with Crippen molar-refractivity contribution >= 4 is 17.5 Å². The molecule has 0 aliphatic carbocycles. The number of nitrogens with one attached hydrogen (secondary N) is 1. The third-order valence-electron chi connectivity index (χ3n) is 3.65. The molecule has 1 aromatic carbocycles. The third kappa shape index (κ3) is 2.31. The van der Waals surface area contributed by atoms with Crippen LogP contribution in [0.25, 0.3) is 0 Å². The summed E-state index contributed by atoms with van der Waals surface area (Å²) >= 11 is 0. The van der Waals surface area contributed by atoms with Crippen LogP contribution in [0.4, 0.5) is 10.5 Å². The molecule has 0 saturated heterocycles. The lowest BCUT2D eigenvalue weighted by molar-refractivity contribution is 0.103. The Balaban J connectivity index is 1.97. The van der Waals surface area contributed by atoms with E-state index < -0.39 is 0 Å². The molecule has 1 aromatic heterocycles. The summed E-state index contributed by atoms with van der Waals surface area (Å²) in [6.07, 6.45) is 0. The molecule has 0 bridgehead atoms. The highest BCUT2D eigenvalue weighted by Gasteiger charge is 2.22. The fourth-order valence-electron chi connectivity index (χ4n) is 2.54. The van der Waals surface area contributed by atoms with E-state index in [4.69, 9.17) is 4.42 Å². The van der Waals surface area contributed by atoms with Crippen molar-refractivity contribution in [2.75, 3.05) is 12.4 Å². The first-order valence-corrected chi connectivity index (χ1v) is 6.72. The molecule has 2 aromatic rings. The number of benzene rings is 1. The minimum Gasteiger partial charge on any atom is -0.466 e. The zero-order valence-electron chi connectivity index (χ0n) is 12.2. The van der Waals surface area contributed by atoms with Crippen LogP contribution in [-0.4, -0.2) is 23.8 Å². The number of urea groups is 1. The second-order valence-electron chi connectivity index (χ2n) is 5.31. The zero-order valence-corrected chi connectivity index (χ0v) is 12.2. The molecular weight excluding hydrogens is 268 g/mol. The molecule has 21 heavy (non-hydrogen) atoms. The maximum absolute atomic E-state index is 12.6. The van der Waals surface area contributed by atoms with Crippen molar-refractivity contribution in [1.82, 2.24) is 4.90 Å². The Morgan fingerprint density at radius 3 is 2.71 bits per heavy atom. The lowest BCUT2D eigenvalue weighted by atomic mass is 9.99. The SMILES string of the molecule is Cc1cc(C(=O)c2ccc3c(c2)CN(C)C(=O)N3)c(C)o1. The molecule has 0 spiro atoms. The third-order valence-corrected chi connectivity index (χ3v) is 3.65. The van der Waals surface area contributed by atoms with Gasteiger partial charge in [-0.2, -0.15) is 0 Å². The predicted octanol–water partition coefficient (Wildman–Crippen LogP) is 3.10. The second-order valence-corrected chi connectivity index (χ2v) is 5.31. The topological polar surface area (TPSA) is 62.6 Å². The maximum Gasteiger partial charge on any atom is 0.321 e. The van der Waals surface area contributed by atoms with Crippen molar-refractivity contribution in [3.8, 4) is 0 Å². The predicted molar refractivity (Wildman–Crippen MR) is 78.5 cm³/mol. The van der Waals surface area contributed by atoms with Gasteiger partial charge in [0.05, 0.1) is 5.56 Å². The number of aryl methyl sites for hydroxylation is 2. The molecular formula is C16H16N2O3. The molecule has 0 fully saturated rings. The average molecular weight is 284 g/mol. The summed E-state index contributed by atoms with van der Waals surface area (Å²) < 4.78 is 5.41. The van der Waals surface area contributed by atoms with Crippen LogP contribution >= 0.6 is 0 Å². The van der Waals surface area contributed by atoms with Gasteiger partial charge in [-0.3, -0.25) is 4.79 Å². The van der Waals surface area contributed by atoms with Gasteiger partial charge < -0.3 is 14.6 Å². The first kappa shape index (κ1) is 13.4. The Morgan fingerprint density at radius 2 is 2.05 bits per heavy atom. The molecule has 0 radical (unpaired) electrons. The summed E-state index contributed by atoms with van der Waals surface area (Å²) in [5.74, 6) is 1.29. The highest BCUT2D eigenvalue weighted by Crippen LogP contribution is 2.26. The number of furan rings is 1. The van der Waals surface area contributed by atoms with E-state index in [9.17, 15) is 9.59 Å². The van der Waals surface area contributed by atoms with Crippen molar-refractivity contribution in [1.29, 1.82) is 0 Å². The molecule has 108 valence electrons. The van der Waals surface area contributed by atoms with Gasteiger partial charge in [0.15, 0.2) is 5.78 Å². The van der Waals surface area contributed by atoms with Crippen LogP contribution in [0.1, 0.15) is 33.0 Å². The van der Waals surface area contributed by atoms with Crippen LogP contribution in [0, 0.1) is 13.8 Å². The van der Waals surface area contributed by atoms with Gasteiger partial charge in [-0.05, 0) is 43.7 Å². The lowest BCUT2D eigenvalue weighted by Gasteiger charge is -2.26. The van der Waals surface area contributed by atoms with Gasteiger partial charge in [-0.25, -0.2) is 4.79 Å². The number of fused-ring (bicyclic) bond motifs is 1. The van der Waals surface area contributed by atoms with Crippen LogP contribution in [0.2, 0.25) is 0 Å². The smallest absolute Gasteiger partial charge is 0.321 e. The minimum absolute atomic E-state index is 0.0632. The van der Waals surface area contributed by atoms with Crippen molar-refractivity contribution in [3.05, 3.63) is 52.5 Å². The summed E-state index contributed by atoms with van der Waals surface area (Å²) in [6.45, 7) is 4.10. The molecule has 1 aliphatic heterocycles. The van der Waals surface area contributed by atoms with Crippen LogP contribution in [0.3, 0.4) is 0 Å². The summed E-state index contributed by atoms with van der Waals surface area (Å²) in [6, 6.07) is 6.95. The molecule has 3 rings (SSSR count). The number of anilines is 1. The fraction of sp³-hybridized carbons (Fsp3) is 0.250. The summed E-state index contributed by atoms with van der Waals surface area (Å²) in [5.41, 5.74) is 2.87. The van der Waals surface area contributed by atoms with E-state index in [0.717, 1.165) is 17.0 Å². The quantitative estimate of drug-likeness (QED) is 0.862. The number of ketones is 1. The number of hydrogen-bond donors (Lipinski definition) is 1. The zero-order chi connectivity index (χ0) is 15.1. The molecule has 1 N–H and O–H groups in total. The Morgan fingerprint density at radius 1 is 1.29 bits per heavy atom.